The van der Waals surface area contributed by atoms with Crippen LogP contribution in [-0.2, 0) is 16.1 Å². The van der Waals surface area contributed by atoms with E-state index in [1.165, 1.54) is 31.7 Å². The third-order valence-corrected chi connectivity index (χ3v) is 6.80. The van der Waals surface area contributed by atoms with Gasteiger partial charge in [0.05, 0.1) is 12.9 Å². The summed E-state index contributed by atoms with van der Waals surface area (Å²) in [5.41, 5.74) is 2.02. The Labute approximate surface area is 219 Å². The zero-order valence-electron chi connectivity index (χ0n) is 20.7. The van der Waals surface area contributed by atoms with Gasteiger partial charge in [-0.05, 0) is 25.1 Å². The van der Waals surface area contributed by atoms with Crippen LogP contribution in [0.4, 0.5) is 27.6 Å². The summed E-state index contributed by atoms with van der Waals surface area (Å²) in [6, 6.07) is 4.26. The maximum absolute atomic E-state index is 15.0. The SMILES string of the molecule is C[C@H]1[C@@H](c2ccc(F)c(F)c2OCCn2ccnc2)[C@H](C(=O)Nc2ccnc(C(N)=O)c2)O[C@@]1(C)C(F)(F)F. The fourth-order valence-electron chi connectivity index (χ4n) is 4.51. The average Bonchev–Trinajstić information content (AvgIpc) is 3.49. The number of ether oxygens (including phenoxy) is 2. The third-order valence-electron chi connectivity index (χ3n) is 6.80. The summed E-state index contributed by atoms with van der Waals surface area (Å²) in [7, 11) is 0. The van der Waals surface area contributed by atoms with Gasteiger partial charge >= 0.3 is 6.18 Å². The maximum atomic E-state index is 15.0. The van der Waals surface area contributed by atoms with Crippen molar-refractivity contribution in [1.82, 2.24) is 14.5 Å². The van der Waals surface area contributed by atoms with Crippen molar-refractivity contribution >= 4 is 17.5 Å². The van der Waals surface area contributed by atoms with E-state index in [9.17, 15) is 31.5 Å². The number of alkyl halides is 3. The summed E-state index contributed by atoms with van der Waals surface area (Å²) in [5, 5.41) is 2.40. The van der Waals surface area contributed by atoms with Gasteiger partial charge in [0.1, 0.15) is 18.4 Å². The molecule has 0 aliphatic carbocycles. The first-order chi connectivity index (χ1) is 18.3. The monoisotopic (exact) mass is 553 g/mol. The Morgan fingerprint density at radius 2 is 1.97 bits per heavy atom. The van der Waals surface area contributed by atoms with E-state index in [-0.39, 0.29) is 30.1 Å². The number of pyridine rings is 1. The largest absolute Gasteiger partial charge is 0.488 e. The Kier molecular flexibility index (Phi) is 7.59. The van der Waals surface area contributed by atoms with Gasteiger partial charge in [-0.25, -0.2) is 9.37 Å². The molecule has 14 heteroatoms. The van der Waals surface area contributed by atoms with Gasteiger partial charge in [0, 0.05) is 41.7 Å². The highest BCUT2D eigenvalue weighted by atomic mass is 19.4. The molecule has 0 spiro atoms. The number of nitrogens with zero attached hydrogens (tertiary/aromatic N) is 3. The predicted octanol–water partition coefficient (Wildman–Crippen LogP) is 3.81. The van der Waals surface area contributed by atoms with E-state index in [4.69, 9.17) is 15.2 Å². The number of amides is 2. The number of imidazole rings is 1. The molecule has 4 atom stereocenters. The van der Waals surface area contributed by atoms with Crippen LogP contribution >= 0.6 is 0 Å². The number of aromatic nitrogens is 3. The quantitative estimate of drug-likeness (QED) is 0.410. The zero-order chi connectivity index (χ0) is 28.5. The second-order valence-electron chi connectivity index (χ2n) is 9.17. The minimum atomic E-state index is -4.92. The highest BCUT2D eigenvalue weighted by Crippen LogP contribution is 2.55. The molecule has 1 aromatic carbocycles. The fourth-order valence-corrected chi connectivity index (χ4v) is 4.51. The molecule has 3 heterocycles. The summed E-state index contributed by atoms with van der Waals surface area (Å²) in [6.07, 6.45) is -0.975. The molecular weight excluding hydrogens is 529 g/mol. The number of carbonyl (C=O) groups excluding carboxylic acids is 2. The number of nitrogens with two attached hydrogens (primary N) is 1. The van der Waals surface area contributed by atoms with Crippen LogP contribution in [0.5, 0.6) is 5.75 Å². The standard InChI is InChI=1S/C25H24F5N5O4/c1-13-18(15-3-4-16(26)19(27)20(15)38-10-9-35-8-7-32-12-35)21(39-24(13,2)25(28,29)30)23(37)34-14-5-6-33-17(11-14)22(31)36/h3-8,11-13,18,21H,9-10H2,1-2H3,(H2,31,36)(H,33,34,37)/t13-,18-,21+,24+/m0/s1. The van der Waals surface area contributed by atoms with Crippen LogP contribution in [0, 0.1) is 17.6 Å². The summed E-state index contributed by atoms with van der Waals surface area (Å²) in [5.74, 6) is -8.07. The molecule has 4 rings (SSSR count). The van der Waals surface area contributed by atoms with Gasteiger partial charge < -0.3 is 25.1 Å². The van der Waals surface area contributed by atoms with Gasteiger partial charge in [-0.15, -0.1) is 0 Å². The predicted molar refractivity (Wildman–Crippen MR) is 127 cm³/mol. The van der Waals surface area contributed by atoms with Gasteiger partial charge in [0.25, 0.3) is 11.8 Å². The lowest BCUT2D eigenvalue weighted by molar-refractivity contribution is -0.272. The number of benzene rings is 1. The number of hydrogen-bond acceptors (Lipinski definition) is 6. The Morgan fingerprint density at radius 1 is 1.23 bits per heavy atom. The molecule has 0 radical (unpaired) electrons. The van der Waals surface area contributed by atoms with Crippen LogP contribution in [0.3, 0.4) is 0 Å². The van der Waals surface area contributed by atoms with E-state index in [1.807, 2.05) is 0 Å². The Balaban J connectivity index is 1.72. The molecule has 3 aromatic rings. The van der Waals surface area contributed by atoms with Crippen LogP contribution in [0.1, 0.15) is 35.8 Å². The first-order valence-corrected chi connectivity index (χ1v) is 11.7. The summed E-state index contributed by atoms with van der Waals surface area (Å²) >= 11 is 0. The number of halogens is 5. The molecule has 1 aliphatic rings. The molecule has 0 unspecified atom stereocenters. The van der Waals surface area contributed by atoms with Crippen molar-refractivity contribution < 1.29 is 41.0 Å². The van der Waals surface area contributed by atoms with Crippen molar-refractivity contribution in [1.29, 1.82) is 0 Å². The van der Waals surface area contributed by atoms with Crippen LogP contribution in [-0.4, -0.2) is 50.8 Å². The third kappa shape index (κ3) is 5.41. The fraction of sp³-hybridized carbons (Fsp3) is 0.360. The van der Waals surface area contributed by atoms with Gasteiger partial charge in [0.2, 0.25) is 5.82 Å². The van der Waals surface area contributed by atoms with Crippen LogP contribution in [0.15, 0.2) is 49.2 Å². The number of nitrogens with one attached hydrogen (secondary N) is 1. The van der Waals surface area contributed by atoms with E-state index in [0.29, 0.717) is 0 Å². The van der Waals surface area contributed by atoms with Gasteiger partial charge in [-0.3, -0.25) is 14.6 Å². The minimum Gasteiger partial charge on any atom is -0.488 e. The molecule has 3 N–H and O–H groups in total. The van der Waals surface area contributed by atoms with Gasteiger partial charge in [-0.2, -0.15) is 17.6 Å². The molecule has 208 valence electrons. The maximum Gasteiger partial charge on any atom is 0.417 e. The highest BCUT2D eigenvalue weighted by Gasteiger charge is 2.66. The Bertz CT molecular complexity index is 1370. The summed E-state index contributed by atoms with van der Waals surface area (Å²) in [4.78, 5) is 32.4. The van der Waals surface area contributed by atoms with E-state index in [0.717, 1.165) is 25.1 Å². The molecular formula is C25H24F5N5O4. The van der Waals surface area contributed by atoms with Crippen molar-refractivity contribution in [2.45, 2.75) is 44.2 Å². The lowest BCUT2D eigenvalue weighted by Gasteiger charge is -2.32. The van der Waals surface area contributed by atoms with Crippen molar-refractivity contribution in [2.75, 3.05) is 11.9 Å². The first-order valence-electron chi connectivity index (χ1n) is 11.7. The Morgan fingerprint density at radius 3 is 2.62 bits per heavy atom. The zero-order valence-corrected chi connectivity index (χ0v) is 20.7. The molecule has 39 heavy (non-hydrogen) atoms. The Hall–Kier alpha value is -4.07. The van der Waals surface area contributed by atoms with E-state index >= 15 is 0 Å². The molecule has 2 aromatic heterocycles. The molecule has 1 saturated heterocycles. The minimum absolute atomic E-state index is 0.0153. The van der Waals surface area contributed by atoms with Crippen LogP contribution < -0.4 is 15.8 Å². The summed E-state index contributed by atoms with van der Waals surface area (Å²) in [6.45, 7) is 2.00. The normalized spacial score (nSPS) is 23.0. The molecule has 0 saturated carbocycles. The number of hydrogen-bond donors (Lipinski definition) is 2. The molecule has 1 fully saturated rings. The van der Waals surface area contributed by atoms with Crippen molar-refractivity contribution in [2.24, 2.45) is 11.7 Å². The number of primary amides is 1. The van der Waals surface area contributed by atoms with Gasteiger partial charge in [0.15, 0.2) is 17.2 Å². The molecule has 1 aliphatic heterocycles. The summed E-state index contributed by atoms with van der Waals surface area (Å²) < 4.78 is 84.3. The van der Waals surface area contributed by atoms with E-state index < -0.39 is 58.9 Å². The second kappa shape index (κ2) is 10.6. The topological polar surface area (TPSA) is 121 Å². The number of rotatable bonds is 8. The molecule has 2 amide bonds. The van der Waals surface area contributed by atoms with Crippen LogP contribution in [0.25, 0.3) is 0 Å². The van der Waals surface area contributed by atoms with Crippen molar-refractivity contribution in [3.05, 3.63) is 72.1 Å². The van der Waals surface area contributed by atoms with Crippen molar-refractivity contribution in [3.63, 3.8) is 0 Å². The first kappa shape index (κ1) is 28.0. The number of anilines is 1. The highest BCUT2D eigenvalue weighted by molar-refractivity contribution is 5.97. The second-order valence-corrected chi connectivity index (χ2v) is 9.17. The van der Waals surface area contributed by atoms with E-state index in [1.54, 1.807) is 10.8 Å². The lowest BCUT2D eigenvalue weighted by Crippen LogP contribution is -2.47. The molecule has 9 nitrogen and oxygen atoms in total. The number of carbonyl (C=O) groups is 2. The van der Waals surface area contributed by atoms with Crippen LogP contribution in [0.2, 0.25) is 0 Å². The lowest BCUT2D eigenvalue weighted by atomic mass is 9.77. The van der Waals surface area contributed by atoms with E-state index in [2.05, 4.69) is 15.3 Å². The van der Waals surface area contributed by atoms with Crippen molar-refractivity contribution in [3.8, 4) is 5.75 Å². The smallest absolute Gasteiger partial charge is 0.417 e. The molecule has 0 bridgehead atoms. The average molecular weight is 553 g/mol. The van der Waals surface area contributed by atoms with Gasteiger partial charge in [-0.1, -0.05) is 13.0 Å².